The van der Waals surface area contributed by atoms with Gasteiger partial charge in [0, 0.05) is 8.04 Å². The Morgan fingerprint density at radius 1 is 1.29 bits per heavy atom. The molecule has 0 atom stereocenters. The third-order valence-electron chi connectivity index (χ3n) is 3.21. The Hall–Kier alpha value is -1.28. The smallest absolute Gasteiger partial charge is 0.420 e. The summed E-state index contributed by atoms with van der Waals surface area (Å²) in [6.45, 7) is 0.421. The van der Waals surface area contributed by atoms with E-state index >= 15 is 0 Å². The van der Waals surface area contributed by atoms with Crippen LogP contribution >= 0.6 is 38.5 Å². The zero-order chi connectivity index (χ0) is 15.0. The summed E-state index contributed by atoms with van der Waals surface area (Å²) in [5.74, 6) is 0.394. The molecule has 0 aliphatic carbocycles. The number of hydrogen-bond acceptors (Lipinski definition) is 3. The molecule has 4 nitrogen and oxygen atoms in total. The number of hydrogen-bond donors (Lipinski definition) is 0. The lowest BCUT2D eigenvalue weighted by molar-refractivity contribution is 0.414. The van der Waals surface area contributed by atoms with Crippen LogP contribution in [0.2, 0.25) is 0 Å². The molecule has 0 saturated carbocycles. The van der Waals surface area contributed by atoms with E-state index < -0.39 is 0 Å². The fraction of sp³-hybridized carbons (Fsp3) is 0.133. The minimum atomic E-state index is -0.360. The minimum absolute atomic E-state index is 0.360. The van der Waals surface area contributed by atoms with Crippen LogP contribution in [0.1, 0.15) is 5.56 Å². The molecule has 0 aliphatic rings. The number of benzene rings is 2. The summed E-state index contributed by atoms with van der Waals surface area (Å²) in [5, 5.41) is 0. The first-order valence-corrected chi connectivity index (χ1v) is 8.07. The van der Waals surface area contributed by atoms with Gasteiger partial charge in [-0.25, -0.2) is 4.79 Å². The zero-order valence-electron chi connectivity index (χ0n) is 11.1. The van der Waals surface area contributed by atoms with E-state index in [0.717, 1.165) is 24.9 Å². The average Bonchev–Trinajstić information content (AvgIpc) is 2.76. The van der Waals surface area contributed by atoms with E-state index in [0.29, 0.717) is 12.1 Å². The van der Waals surface area contributed by atoms with Crippen molar-refractivity contribution < 1.29 is 9.15 Å². The van der Waals surface area contributed by atoms with Crippen molar-refractivity contribution in [1.82, 2.24) is 4.57 Å². The first kappa shape index (κ1) is 14.6. The third kappa shape index (κ3) is 2.87. The lowest BCUT2D eigenvalue weighted by atomic mass is 10.2. The molecule has 0 spiro atoms. The number of ether oxygens (including phenoxy) is 1. The van der Waals surface area contributed by atoms with Crippen LogP contribution < -0.4 is 10.5 Å². The van der Waals surface area contributed by atoms with Gasteiger partial charge in [0.2, 0.25) is 0 Å². The largest absolute Gasteiger partial charge is 0.497 e. The van der Waals surface area contributed by atoms with Crippen molar-refractivity contribution in [3.05, 3.63) is 60.6 Å². The molecule has 3 rings (SSSR count). The molecule has 0 radical (unpaired) electrons. The van der Waals surface area contributed by atoms with Crippen molar-refractivity contribution in [2.45, 2.75) is 6.54 Å². The molecule has 6 heteroatoms. The topological polar surface area (TPSA) is 44.4 Å². The molecule has 0 aliphatic heterocycles. The van der Waals surface area contributed by atoms with Crippen molar-refractivity contribution in [3.63, 3.8) is 0 Å². The third-order valence-corrected chi connectivity index (χ3v) is 4.66. The Labute approximate surface area is 143 Å². The molecular weight excluding hydrogens is 449 g/mol. The van der Waals surface area contributed by atoms with Crippen LogP contribution in [0.15, 0.2) is 50.1 Å². The number of methoxy groups -OCH3 is 1. The monoisotopic (exact) mass is 459 g/mol. The summed E-state index contributed by atoms with van der Waals surface area (Å²) in [5.41, 5.74) is 2.35. The number of oxazole rings is 1. The van der Waals surface area contributed by atoms with Crippen molar-refractivity contribution >= 4 is 49.6 Å². The van der Waals surface area contributed by atoms with Gasteiger partial charge in [0.25, 0.3) is 0 Å². The maximum atomic E-state index is 12.1. The Morgan fingerprint density at radius 3 is 2.86 bits per heavy atom. The number of nitrogens with zero attached hydrogens (tertiary/aromatic N) is 1. The van der Waals surface area contributed by atoms with E-state index in [4.69, 9.17) is 9.15 Å². The standard InChI is InChI=1S/C15H11BrINO3/c1-20-11-3-4-12(16)9(6-11)8-18-13-5-2-10(17)7-14(13)21-15(18)19/h2-7H,8H2,1H3. The summed E-state index contributed by atoms with van der Waals surface area (Å²) in [4.78, 5) is 12.1. The molecule has 3 aromatic rings. The lowest BCUT2D eigenvalue weighted by Gasteiger charge is -2.08. The van der Waals surface area contributed by atoms with Crippen molar-refractivity contribution in [2.24, 2.45) is 0 Å². The van der Waals surface area contributed by atoms with Gasteiger partial charge in [-0.2, -0.15) is 0 Å². The van der Waals surface area contributed by atoms with Crippen LogP contribution in [0.4, 0.5) is 0 Å². The predicted molar refractivity (Wildman–Crippen MR) is 93.0 cm³/mol. The minimum Gasteiger partial charge on any atom is -0.497 e. The highest BCUT2D eigenvalue weighted by Gasteiger charge is 2.12. The molecule has 0 fully saturated rings. The van der Waals surface area contributed by atoms with Gasteiger partial charge in [-0.15, -0.1) is 0 Å². The van der Waals surface area contributed by atoms with Gasteiger partial charge in [-0.3, -0.25) is 4.57 Å². The maximum Gasteiger partial charge on any atom is 0.420 e. The van der Waals surface area contributed by atoms with Crippen LogP contribution in [-0.2, 0) is 6.54 Å². The molecule has 1 aromatic heterocycles. The summed E-state index contributed by atoms with van der Waals surface area (Å²) < 4.78 is 14.1. The molecule has 1 heterocycles. The lowest BCUT2D eigenvalue weighted by Crippen LogP contribution is -2.15. The molecule has 0 saturated heterocycles. The molecule has 21 heavy (non-hydrogen) atoms. The molecule has 108 valence electrons. The van der Waals surface area contributed by atoms with Gasteiger partial charge >= 0.3 is 5.76 Å². The molecule has 0 amide bonds. The maximum absolute atomic E-state index is 12.1. The molecule has 0 bridgehead atoms. The quantitative estimate of drug-likeness (QED) is 0.555. The summed E-state index contributed by atoms with van der Waals surface area (Å²) >= 11 is 5.69. The van der Waals surface area contributed by atoms with Gasteiger partial charge in [-0.1, -0.05) is 15.9 Å². The van der Waals surface area contributed by atoms with Gasteiger partial charge in [-0.05, 0) is 64.6 Å². The van der Waals surface area contributed by atoms with E-state index in [1.165, 1.54) is 0 Å². The highest BCUT2D eigenvalue weighted by atomic mass is 127. The second-order valence-corrected chi connectivity index (χ2v) is 6.62. The van der Waals surface area contributed by atoms with Crippen LogP contribution in [0, 0.1) is 3.57 Å². The van der Waals surface area contributed by atoms with E-state index in [1.54, 1.807) is 11.7 Å². The normalized spacial score (nSPS) is 11.0. The van der Waals surface area contributed by atoms with Gasteiger partial charge < -0.3 is 9.15 Å². The van der Waals surface area contributed by atoms with E-state index in [1.807, 2.05) is 36.4 Å². The van der Waals surface area contributed by atoms with Gasteiger partial charge in [0.15, 0.2) is 5.58 Å². The van der Waals surface area contributed by atoms with E-state index in [-0.39, 0.29) is 5.76 Å². The molecule has 2 aromatic carbocycles. The summed E-state index contributed by atoms with van der Waals surface area (Å²) in [7, 11) is 1.62. The molecular formula is C15H11BrINO3. The second-order valence-electron chi connectivity index (χ2n) is 4.52. The fourth-order valence-electron chi connectivity index (χ4n) is 2.16. The zero-order valence-corrected chi connectivity index (χ0v) is 14.8. The second kappa shape index (κ2) is 5.84. The van der Waals surface area contributed by atoms with Crippen molar-refractivity contribution in [1.29, 1.82) is 0 Å². The molecule has 0 unspecified atom stereocenters. The van der Waals surface area contributed by atoms with E-state index in [2.05, 4.69) is 38.5 Å². The predicted octanol–water partition coefficient (Wildman–Crippen LogP) is 4.02. The Bertz CT molecular complexity index is 869. The van der Waals surface area contributed by atoms with Gasteiger partial charge in [0.1, 0.15) is 5.75 Å². The number of fused-ring (bicyclic) bond motifs is 1. The van der Waals surface area contributed by atoms with Crippen LogP contribution in [0.25, 0.3) is 11.1 Å². The van der Waals surface area contributed by atoms with Crippen LogP contribution in [-0.4, -0.2) is 11.7 Å². The SMILES string of the molecule is COc1ccc(Br)c(Cn2c(=O)oc3cc(I)ccc32)c1. The molecule has 0 N–H and O–H groups in total. The highest BCUT2D eigenvalue weighted by molar-refractivity contribution is 14.1. The van der Waals surface area contributed by atoms with E-state index in [9.17, 15) is 4.79 Å². The summed E-state index contributed by atoms with van der Waals surface area (Å²) in [6.07, 6.45) is 0. The first-order valence-electron chi connectivity index (χ1n) is 6.20. The highest BCUT2D eigenvalue weighted by Crippen LogP contribution is 2.24. The Balaban J connectivity index is 2.10. The summed E-state index contributed by atoms with van der Waals surface area (Å²) in [6, 6.07) is 11.4. The average molecular weight is 460 g/mol. The first-order chi connectivity index (χ1) is 10.1. The number of aromatic nitrogens is 1. The van der Waals surface area contributed by atoms with Crippen molar-refractivity contribution in [2.75, 3.05) is 7.11 Å². The Morgan fingerprint density at radius 2 is 2.10 bits per heavy atom. The number of rotatable bonds is 3. The Kier molecular flexibility index (Phi) is 4.08. The number of halogens is 2. The fourth-order valence-corrected chi connectivity index (χ4v) is 2.99. The van der Waals surface area contributed by atoms with Gasteiger partial charge in [0.05, 0.1) is 19.2 Å². The van der Waals surface area contributed by atoms with Crippen LogP contribution in [0.5, 0.6) is 5.75 Å². The van der Waals surface area contributed by atoms with Crippen LogP contribution in [0.3, 0.4) is 0 Å². The van der Waals surface area contributed by atoms with Crippen molar-refractivity contribution in [3.8, 4) is 5.75 Å².